The number of hydrogen-bond acceptors (Lipinski definition) is 4. The molecule has 1 aromatic carbocycles. The predicted octanol–water partition coefficient (Wildman–Crippen LogP) is -0.0838. The number of amides is 3. The van der Waals surface area contributed by atoms with E-state index in [1.165, 1.54) is 4.68 Å². The van der Waals surface area contributed by atoms with Gasteiger partial charge in [-0.25, -0.2) is 0 Å². The minimum Gasteiger partial charge on any atom is -0.346 e. The topological polar surface area (TPSA) is 96.3 Å². The number of rotatable bonds is 3. The van der Waals surface area contributed by atoms with Crippen LogP contribution in [0.1, 0.15) is 16.9 Å². The van der Waals surface area contributed by atoms with Crippen molar-refractivity contribution in [2.24, 2.45) is 7.05 Å². The van der Waals surface area contributed by atoms with Crippen LogP contribution in [0.15, 0.2) is 36.4 Å². The van der Waals surface area contributed by atoms with Crippen LogP contribution in [0, 0.1) is 0 Å². The molecule has 2 aromatic rings. The van der Waals surface area contributed by atoms with Gasteiger partial charge in [0.25, 0.3) is 5.91 Å². The molecular weight excluding hydrogens is 334 g/mol. The second-order valence-corrected chi connectivity index (χ2v) is 6.59. The van der Waals surface area contributed by atoms with Crippen LogP contribution in [0.5, 0.6) is 0 Å². The summed E-state index contributed by atoms with van der Waals surface area (Å²) >= 11 is 0. The molecule has 0 bridgehead atoms. The summed E-state index contributed by atoms with van der Waals surface area (Å²) in [7, 11) is 1.72. The Balaban J connectivity index is 1.48. The number of hydrogen-bond donors (Lipinski definition) is 2. The maximum Gasteiger partial charge on any atom is 0.269 e. The van der Waals surface area contributed by atoms with Crippen LogP contribution in [-0.4, -0.2) is 57.6 Å². The Kier molecular flexibility index (Phi) is 3.95. The lowest BCUT2D eigenvalue weighted by Crippen LogP contribution is -2.55. The van der Waals surface area contributed by atoms with Crippen molar-refractivity contribution in [1.82, 2.24) is 25.3 Å². The van der Waals surface area contributed by atoms with E-state index >= 15 is 0 Å². The maximum absolute atomic E-state index is 12.7. The summed E-state index contributed by atoms with van der Waals surface area (Å²) in [6.45, 7) is 0.379. The van der Waals surface area contributed by atoms with Crippen LogP contribution in [0.25, 0.3) is 11.3 Å². The van der Waals surface area contributed by atoms with E-state index in [1.807, 2.05) is 30.3 Å². The summed E-state index contributed by atoms with van der Waals surface area (Å²) < 4.78 is 1.54. The summed E-state index contributed by atoms with van der Waals surface area (Å²) in [5.74, 6) is -0.536. The summed E-state index contributed by atoms with van der Waals surface area (Å²) in [4.78, 5) is 38.0. The van der Waals surface area contributed by atoms with Crippen molar-refractivity contribution in [1.29, 1.82) is 0 Å². The first kappa shape index (κ1) is 16.3. The molecule has 8 heteroatoms. The van der Waals surface area contributed by atoms with Crippen LogP contribution < -0.4 is 10.6 Å². The Labute approximate surface area is 150 Å². The minimum atomic E-state index is -0.493. The van der Waals surface area contributed by atoms with Gasteiger partial charge in [0.2, 0.25) is 11.8 Å². The van der Waals surface area contributed by atoms with Crippen molar-refractivity contribution in [3.05, 3.63) is 42.1 Å². The third-order valence-corrected chi connectivity index (χ3v) is 4.86. The fraction of sp³-hybridized carbons (Fsp3) is 0.333. The third-order valence-electron chi connectivity index (χ3n) is 4.86. The average Bonchev–Trinajstić information content (AvgIpc) is 3.23. The van der Waals surface area contributed by atoms with E-state index in [4.69, 9.17) is 0 Å². The lowest BCUT2D eigenvalue weighted by Gasteiger charge is -2.28. The number of nitrogens with one attached hydrogen (secondary N) is 2. The molecule has 2 aliphatic rings. The van der Waals surface area contributed by atoms with Crippen LogP contribution in [-0.2, 0) is 16.6 Å². The second-order valence-electron chi connectivity index (χ2n) is 6.59. The molecule has 0 radical (unpaired) electrons. The molecule has 2 fully saturated rings. The molecule has 2 aliphatic heterocycles. The van der Waals surface area contributed by atoms with Crippen LogP contribution in [0.4, 0.5) is 0 Å². The number of nitrogens with zero attached hydrogens (tertiary/aromatic N) is 3. The SMILES string of the molecule is Cn1nc(-c2ccccc2)cc1C(=O)N[C@@H]1C[C@H]2C(=O)NCC(=O)N2C1. The normalized spacial score (nSPS) is 22.1. The zero-order valence-corrected chi connectivity index (χ0v) is 14.3. The molecule has 26 heavy (non-hydrogen) atoms. The zero-order chi connectivity index (χ0) is 18.3. The Morgan fingerprint density at radius 2 is 2.04 bits per heavy atom. The van der Waals surface area contributed by atoms with Crippen molar-refractivity contribution in [2.45, 2.75) is 18.5 Å². The molecule has 4 rings (SSSR count). The van der Waals surface area contributed by atoms with E-state index in [9.17, 15) is 14.4 Å². The van der Waals surface area contributed by atoms with Crippen molar-refractivity contribution in [3.63, 3.8) is 0 Å². The molecule has 134 valence electrons. The van der Waals surface area contributed by atoms with Gasteiger partial charge >= 0.3 is 0 Å². The molecule has 3 amide bonds. The highest BCUT2D eigenvalue weighted by Gasteiger charge is 2.42. The molecule has 2 saturated heterocycles. The highest BCUT2D eigenvalue weighted by molar-refractivity contribution is 5.96. The van der Waals surface area contributed by atoms with Crippen LogP contribution in [0.2, 0.25) is 0 Å². The van der Waals surface area contributed by atoms with Gasteiger partial charge in [-0.2, -0.15) is 5.10 Å². The minimum absolute atomic E-state index is 0.0260. The molecule has 0 unspecified atom stereocenters. The fourth-order valence-electron chi connectivity index (χ4n) is 3.54. The number of aryl methyl sites for hydroxylation is 1. The predicted molar refractivity (Wildman–Crippen MR) is 93.0 cm³/mol. The maximum atomic E-state index is 12.7. The van der Waals surface area contributed by atoms with Gasteiger partial charge in [0.1, 0.15) is 11.7 Å². The van der Waals surface area contributed by atoms with Crippen molar-refractivity contribution in [3.8, 4) is 11.3 Å². The zero-order valence-electron chi connectivity index (χ0n) is 14.3. The summed E-state index contributed by atoms with van der Waals surface area (Å²) in [6.07, 6.45) is 0.423. The first-order chi connectivity index (χ1) is 12.5. The molecule has 3 heterocycles. The van der Waals surface area contributed by atoms with Gasteiger partial charge in [-0.1, -0.05) is 30.3 Å². The quantitative estimate of drug-likeness (QED) is 0.806. The molecule has 0 saturated carbocycles. The lowest BCUT2D eigenvalue weighted by molar-refractivity contribution is -0.143. The monoisotopic (exact) mass is 353 g/mol. The average molecular weight is 353 g/mol. The van der Waals surface area contributed by atoms with Crippen LogP contribution in [0.3, 0.4) is 0 Å². The third kappa shape index (κ3) is 2.83. The number of carbonyl (C=O) groups is 3. The Hall–Kier alpha value is -3.16. The van der Waals surface area contributed by atoms with E-state index in [0.717, 1.165) is 11.3 Å². The Morgan fingerprint density at radius 3 is 2.77 bits per heavy atom. The lowest BCUT2D eigenvalue weighted by atomic mass is 10.1. The second kappa shape index (κ2) is 6.29. The highest BCUT2D eigenvalue weighted by atomic mass is 16.2. The Bertz CT molecular complexity index is 852. The van der Waals surface area contributed by atoms with E-state index in [1.54, 1.807) is 18.0 Å². The van der Waals surface area contributed by atoms with Gasteiger partial charge in [-0.3, -0.25) is 19.1 Å². The number of fused-ring (bicyclic) bond motifs is 1. The van der Waals surface area contributed by atoms with E-state index in [0.29, 0.717) is 18.7 Å². The van der Waals surface area contributed by atoms with E-state index < -0.39 is 6.04 Å². The molecule has 0 aliphatic carbocycles. The first-order valence-corrected chi connectivity index (χ1v) is 8.50. The molecular formula is C18H19N5O3. The van der Waals surface area contributed by atoms with Crippen molar-refractivity contribution >= 4 is 17.7 Å². The fourth-order valence-corrected chi connectivity index (χ4v) is 3.54. The molecule has 8 nitrogen and oxygen atoms in total. The summed E-state index contributed by atoms with van der Waals surface area (Å²) in [5, 5.41) is 9.91. The van der Waals surface area contributed by atoms with Gasteiger partial charge in [-0.15, -0.1) is 0 Å². The standard InChI is InChI=1S/C18H19N5O3/c1-22-14(8-13(21-22)11-5-3-2-4-6-11)18(26)20-12-7-15-17(25)19-9-16(24)23(15)10-12/h2-6,8,12,15H,7,9-10H2,1H3,(H,19,25)(H,20,26)/t12-,15+/m1/s1. The molecule has 2 atom stereocenters. The first-order valence-electron chi connectivity index (χ1n) is 8.50. The molecule has 1 aromatic heterocycles. The number of benzene rings is 1. The molecule has 0 spiro atoms. The highest BCUT2D eigenvalue weighted by Crippen LogP contribution is 2.22. The van der Waals surface area contributed by atoms with E-state index in [2.05, 4.69) is 15.7 Å². The summed E-state index contributed by atoms with van der Waals surface area (Å²) in [6, 6.07) is 10.6. The van der Waals surface area contributed by atoms with Gasteiger partial charge in [0, 0.05) is 25.2 Å². The van der Waals surface area contributed by atoms with Gasteiger partial charge in [0.05, 0.1) is 12.2 Å². The number of piperazine rings is 1. The summed E-state index contributed by atoms with van der Waals surface area (Å²) in [5.41, 5.74) is 2.09. The van der Waals surface area contributed by atoms with Crippen molar-refractivity contribution < 1.29 is 14.4 Å². The van der Waals surface area contributed by atoms with Gasteiger partial charge in [-0.05, 0) is 12.5 Å². The Morgan fingerprint density at radius 1 is 1.27 bits per heavy atom. The van der Waals surface area contributed by atoms with Gasteiger partial charge in [0.15, 0.2) is 0 Å². The number of aromatic nitrogens is 2. The largest absolute Gasteiger partial charge is 0.346 e. The van der Waals surface area contributed by atoms with Crippen molar-refractivity contribution in [2.75, 3.05) is 13.1 Å². The smallest absolute Gasteiger partial charge is 0.269 e. The van der Waals surface area contributed by atoms with Gasteiger partial charge < -0.3 is 15.5 Å². The number of carbonyl (C=O) groups excluding carboxylic acids is 3. The van der Waals surface area contributed by atoms with E-state index in [-0.39, 0.29) is 30.3 Å². The van der Waals surface area contributed by atoms with Crippen LogP contribution >= 0.6 is 0 Å². The molecule has 2 N–H and O–H groups in total.